The minimum Gasteiger partial charge on any atom is -0.390 e. The van der Waals surface area contributed by atoms with E-state index in [1.807, 2.05) is 19.9 Å². The predicted molar refractivity (Wildman–Crippen MR) is 172 cm³/mol. The predicted octanol–water partition coefficient (Wildman–Crippen LogP) is 2.44. The second-order valence-corrected chi connectivity index (χ2v) is 13.7. The fourth-order valence-corrected chi connectivity index (χ4v) is 6.35. The van der Waals surface area contributed by atoms with E-state index in [-0.39, 0.29) is 38.6 Å². The molecule has 2 amide bonds. The highest BCUT2D eigenvalue weighted by Gasteiger charge is 2.31. The molecule has 0 saturated carbocycles. The number of unbranched alkanes of at least 4 members (excludes halogenated alkanes) is 5. The first-order chi connectivity index (χ1) is 21.0. The van der Waals surface area contributed by atoms with E-state index in [2.05, 4.69) is 46.2 Å². The van der Waals surface area contributed by atoms with Crippen LogP contribution in [-0.4, -0.2) is 91.9 Å². The minimum atomic E-state index is -3.87. The molecule has 0 aromatic heterocycles. The molecule has 44 heavy (non-hydrogen) atoms. The third kappa shape index (κ3) is 14.6. The van der Waals surface area contributed by atoms with Gasteiger partial charge >= 0.3 is 0 Å². The maximum absolute atomic E-state index is 13.3. The van der Waals surface area contributed by atoms with Gasteiger partial charge in [0.05, 0.1) is 38.0 Å². The molecule has 1 aromatic rings. The number of ether oxygens (including phenoxy) is 1. The Morgan fingerprint density at radius 2 is 1.64 bits per heavy atom. The zero-order chi connectivity index (χ0) is 32.4. The molecule has 12 heteroatoms. The van der Waals surface area contributed by atoms with Crippen LogP contribution in [0.3, 0.4) is 0 Å². The number of rotatable bonds is 22. The standard InChI is InChI=1S/C32H54N4O7S/c1-4-14-28(34-30(38)24-33-44(41,42)36-19-21-43-22-20-36)32(40)35-27(31(39)29(37)23-25(2)3)18-13-8-6-5-7-10-15-26-16-11-9-12-17-26/h4,9,11-12,16-17,25,27-29,31,33,37,39H,1,5-8,10,13-15,18-24H2,2-3H3,(H,34,38)(H,35,40)/t27-,28?,29-,31+/m0/s1. The van der Waals surface area contributed by atoms with Crippen molar-refractivity contribution in [3.05, 3.63) is 48.6 Å². The number of morpholine rings is 1. The summed E-state index contributed by atoms with van der Waals surface area (Å²) in [7, 11) is -3.87. The van der Waals surface area contributed by atoms with E-state index in [9.17, 15) is 28.2 Å². The molecule has 1 unspecified atom stereocenters. The molecule has 4 atom stereocenters. The van der Waals surface area contributed by atoms with Crippen molar-refractivity contribution in [2.45, 2.75) is 102 Å². The number of hydrogen-bond donors (Lipinski definition) is 5. The molecular weight excluding hydrogens is 584 g/mol. The molecule has 11 nitrogen and oxygen atoms in total. The molecule has 1 saturated heterocycles. The summed E-state index contributed by atoms with van der Waals surface area (Å²) in [5, 5.41) is 27.0. The number of aryl methyl sites for hydroxylation is 1. The molecule has 1 aliphatic heterocycles. The molecule has 0 bridgehead atoms. The first kappa shape index (κ1) is 37.8. The Balaban J connectivity index is 1.88. The molecule has 250 valence electrons. The SMILES string of the molecule is C=CCC(NC(=O)CNS(=O)(=O)N1CCOCC1)C(=O)N[C@@H](CCCCCCCCc1ccccc1)[C@@H](O)[C@@H](O)CC(C)C. The summed E-state index contributed by atoms with van der Waals surface area (Å²) in [6, 6.07) is 8.70. The van der Waals surface area contributed by atoms with Crippen molar-refractivity contribution in [1.82, 2.24) is 19.7 Å². The first-order valence-electron chi connectivity index (χ1n) is 16.0. The average molecular weight is 639 g/mol. The van der Waals surface area contributed by atoms with Crippen molar-refractivity contribution < 1.29 is 33.0 Å². The number of nitrogens with zero attached hydrogens (tertiary/aromatic N) is 1. The molecule has 1 fully saturated rings. The number of benzene rings is 1. The van der Waals surface area contributed by atoms with E-state index >= 15 is 0 Å². The van der Waals surface area contributed by atoms with Crippen LogP contribution < -0.4 is 15.4 Å². The van der Waals surface area contributed by atoms with Crippen molar-refractivity contribution in [1.29, 1.82) is 0 Å². The van der Waals surface area contributed by atoms with Crippen LogP contribution in [-0.2, 0) is 31.0 Å². The Bertz CT molecular complexity index is 1080. The lowest BCUT2D eigenvalue weighted by molar-refractivity contribution is -0.130. The lowest BCUT2D eigenvalue weighted by Gasteiger charge is -2.30. The van der Waals surface area contributed by atoms with Crippen molar-refractivity contribution in [3.63, 3.8) is 0 Å². The molecular formula is C32H54N4O7S. The number of amides is 2. The van der Waals surface area contributed by atoms with Crippen LogP contribution in [0.5, 0.6) is 0 Å². The third-order valence-electron chi connectivity index (χ3n) is 7.70. The van der Waals surface area contributed by atoms with Crippen LogP contribution in [0, 0.1) is 5.92 Å². The van der Waals surface area contributed by atoms with E-state index in [1.54, 1.807) is 0 Å². The van der Waals surface area contributed by atoms with Crippen LogP contribution >= 0.6 is 0 Å². The fraction of sp³-hybridized carbons (Fsp3) is 0.688. The second kappa shape index (κ2) is 20.6. The van der Waals surface area contributed by atoms with Gasteiger partial charge in [0.15, 0.2) is 0 Å². The maximum atomic E-state index is 13.3. The summed E-state index contributed by atoms with van der Waals surface area (Å²) in [6.07, 6.45) is 7.42. The molecule has 1 heterocycles. The van der Waals surface area contributed by atoms with E-state index in [0.717, 1.165) is 44.9 Å². The largest absolute Gasteiger partial charge is 0.390 e. The highest BCUT2D eigenvalue weighted by atomic mass is 32.2. The smallest absolute Gasteiger partial charge is 0.280 e. The second-order valence-electron chi connectivity index (χ2n) is 11.9. The fourth-order valence-electron chi connectivity index (χ4n) is 5.23. The summed E-state index contributed by atoms with van der Waals surface area (Å²) >= 11 is 0. The Labute approximate surface area is 264 Å². The van der Waals surface area contributed by atoms with E-state index < -0.39 is 52.9 Å². The van der Waals surface area contributed by atoms with Gasteiger partial charge in [0.1, 0.15) is 6.04 Å². The van der Waals surface area contributed by atoms with Gasteiger partial charge in [-0.1, -0.05) is 82.4 Å². The highest BCUT2D eigenvalue weighted by Crippen LogP contribution is 2.17. The third-order valence-corrected chi connectivity index (χ3v) is 9.25. The van der Waals surface area contributed by atoms with Crippen LogP contribution in [0.4, 0.5) is 0 Å². The molecule has 2 rings (SSSR count). The average Bonchev–Trinajstić information content (AvgIpc) is 3.00. The van der Waals surface area contributed by atoms with Gasteiger partial charge in [-0.25, -0.2) is 0 Å². The van der Waals surface area contributed by atoms with Crippen molar-refractivity contribution in [2.24, 2.45) is 5.92 Å². The van der Waals surface area contributed by atoms with Gasteiger partial charge in [0.25, 0.3) is 10.2 Å². The van der Waals surface area contributed by atoms with E-state index in [0.29, 0.717) is 12.8 Å². The number of nitrogens with one attached hydrogen (secondary N) is 3. The zero-order valence-electron chi connectivity index (χ0n) is 26.5. The lowest BCUT2D eigenvalue weighted by atomic mass is 9.93. The normalized spacial score (nSPS) is 17.0. The number of aliphatic hydroxyl groups is 2. The van der Waals surface area contributed by atoms with E-state index in [4.69, 9.17) is 4.74 Å². The van der Waals surface area contributed by atoms with Gasteiger partial charge in [-0.15, -0.1) is 6.58 Å². The van der Waals surface area contributed by atoms with Crippen molar-refractivity contribution in [3.8, 4) is 0 Å². The Hall–Kier alpha value is -2.35. The van der Waals surface area contributed by atoms with Gasteiger partial charge < -0.3 is 25.6 Å². The van der Waals surface area contributed by atoms with Crippen molar-refractivity contribution in [2.75, 3.05) is 32.8 Å². The summed E-state index contributed by atoms with van der Waals surface area (Å²) in [6.45, 7) is 7.98. The molecule has 5 N–H and O–H groups in total. The molecule has 1 aromatic carbocycles. The number of carbonyl (C=O) groups is 2. The van der Waals surface area contributed by atoms with Crippen LogP contribution in [0.2, 0.25) is 0 Å². The number of aliphatic hydroxyl groups excluding tert-OH is 2. The molecule has 0 spiro atoms. The lowest BCUT2D eigenvalue weighted by Crippen LogP contribution is -2.56. The van der Waals surface area contributed by atoms with Gasteiger partial charge in [0, 0.05) is 13.1 Å². The highest BCUT2D eigenvalue weighted by molar-refractivity contribution is 7.87. The minimum absolute atomic E-state index is 0.105. The summed E-state index contributed by atoms with van der Waals surface area (Å²) < 4.78 is 33.6. The van der Waals surface area contributed by atoms with Crippen LogP contribution in [0.15, 0.2) is 43.0 Å². The first-order valence-corrected chi connectivity index (χ1v) is 17.4. The Kier molecular flexibility index (Phi) is 17.7. The Morgan fingerprint density at radius 1 is 1.00 bits per heavy atom. The number of hydrogen-bond acceptors (Lipinski definition) is 7. The van der Waals surface area contributed by atoms with Crippen molar-refractivity contribution >= 4 is 22.0 Å². The van der Waals surface area contributed by atoms with Gasteiger partial charge in [-0.2, -0.15) is 17.4 Å². The quantitative estimate of drug-likeness (QED) is 0.0965. The zero-order valence-corrected chi connectivity index (χ0v) is 27.3. The summed E-state index contributed by atoms with van der Waals surface area (Å²) in [4.78, 5) is 25.9. The monoisotopic (exact) mass is 638 g/mol. The number of carbonyl (C=O) groups excluding carboxylic acids is 2. The van der Waals surface area contributed by atoms with Gasteiger partial charge in [-0.3, -0.25) is 9.59 Å². The van der Waals surface area contributed by atoms with E-state index in [1.165, 1.54) is 15.9 Å². The van der Waals surface area contributed by atoms with Gasteiger partial charge in [-0.05, 0) is 43.6 Å². The van der Waals surface area contributed by atoms with Gasteiger partial charge in [0.2, 0.25) is 11.8 Å². The van der Waals surface area contributed by atoms with Crippen LogP contribution in [0.25, 0.3) is 0 Å². The maximum Gasteiger partial charge on any atom is 0.280 e. The Morgan fingerprint density at radius 3 is 2.27 bits per heavy atom. The molecule has 1 aliphatic rings. The van der Waals surface area contributed by atoms with Crippen LogP contribution in [0.1, 0.15) is 77.2 Å². The molecule has 0 aliphatic carbocycles. The topological polar surface area (TPSA) is 157 Å². The summed E-state index contributed by atoms with van der Waals surface area (Å²) in [5.74, 6) is -1.05. The molecule has 0 radical (unpaired) electrons. The summed E-state index contributed by atoms with van der Waals surface area (Å²) in [5.41, 5.74) is 1.35.